The molecule has 5 heteroatoms. The number of nitrogens with zero attached hydrogens (tertiary/aromatic N) is 2. The molecule has 0 amide bonds. The van der Waals surface area contributed by atoms with Crippen LogP contribution >= 0.6 is 0 Å². The molecule has 2 aromatic rings. The highest BCUT2D eigenvalue weighted by atomic mass is 19.1. The second kappa shape index (κ2) is 4.16. The molecule has 90 valence electrons. The first-order valence-electron chi connectivity index (χ1n) is 5.25. The third-order valence-electron chi connectivity index (χ3n) is 2.80. The molecule has 0 aliphatic carbocycles. The summed E-state index contributed by atoms with van der Waals surface area (Å²) in [5, 5.41) is 4.06. The quantitative estimate of drug-likeness (QED) is 0.872. The van der Waals surface area contributed by atoms with Gasteiger partial charge in [-0.05, 0) is 32.0 Å². The van der Waals surface area contributed by atoms with E-state index in [0.29, 0.717) is 5.82 Å². The average Bonchev–Trinajstić information content (AvgIpc) is 2.62. The summed E-state index contributed by atoms with van der Waals surface area (Å²) >= 11 is 0. The highest BCUT2D eigenvalue weighted by molar-refractivity contribution is 5.39. The lowest BCUT2D eigenvalue weighted by Crippen LogP contribution is -2.13. The van der Waals surface area contributed by atoms with Crippen molar-refractivity contribution in [3.63, 3.8) is 0 Å². The van der Waals surface area contributed by atoms with Gasteiger partial charge in [-0.15, -0.1) is 0 Å². The summed E-state index contributed by atoms with van der Waals surface area (Å²) in [6.07, 6.45) is 1.60. The van der Waals surface area contributed by atoms with E-state index >= 15 is 0 Å². The fourth-order valence-corrected chi connectivity index (χ4v) is 1.73. The highest BCUT2D eigenvalue weighted by Gasteiger charge is 2.17. The van der Waals surface area contributed by atoms with Gasteiger partial charge >= 0.3 is 0 Å². The minimum Gasteiger partial charge on any atom is -0.384 e. The van der Waals surface area contributed by atoms with Gasteiger partial charge in [-0.25, -0.2) is 13.5 Å². The summed E-state index contributed by atoms with van der Waals surface area (Å²) in [7, 11) is 0. The van der Waals surface area contributed by atoms with Crippen molar-refractivity contribution >= 4 is 5.82 Å². The van der Waals surface area contributed by atoms with Gasteiger partial charge in [0.1, 0.15) is 17.5 Å². The lowest BCUT2D eigenvalue weighted by molar-refractivity contribution is 0.517. The third-order valence-corrected chi connectivity index (χ3v) is 2.80. The van der Waals surface area contributed by atoms with Crippen molar-refractivity contribution in [2.75, 3.05) is 5.73 Å². The number of aryl methyl sites for hydroxylation is 1. The van der Waals surface area contributed by atoms with E-state index in [0.717, 1.165) is 23.8 Å². The zero-order valence-corrected chi connectivity index (χ0v) is 9.61. The Balaban J connectivity index is 2.47. The molecule has 0 saturated carbocycles. The van der Waals surface area contributed by atoms with Gasteiger partial charge in [-0.1, -0.05) is 0 Å². The summed E-state index contributed by atoms with van der Waals surface area (Å²) in [5.41, 5.74) is 6.86. The zero-order valence-electron chi connectivity index (χ0n) is 9.61. The topological polar surface area (TPSA) is 43.8 Å². The summed E-state index contributed by atoms with van der Waals surface area (Å²) in [6.45, 7) is 3.54. The van der Waals surface area contributed by atoms with Crippen LogP contribution in [0.25, 0.3) is 0 Å². The van der Waals surface area contributed by atoms with Crippen molar-refractivity contribution in [1.29, 1.82) is 0 Å². The Bertz CT molecular complexity index is 549. The smallest absolute Gasteiger partial charge is 0.128 e. The number of halogens is 2. The molecule has 1 heterocycles. The van der Waals surface area contributed by atoms with Crippen LogP contribution in [-0.2, 0) is 0 Å². The highest BCUT2D eigenvalue weighted by Crippen LogP contribution is 2.24. The number of anilines is 1. The number of aromatic nitrogens is 2. The Morgan fingerprint density at radius 3 is 2.65 bits per heavy atom. The van der Waals surface area contributed by atoms with Gasteiger partial charge in [0.05, 0.1) is 12.2 Å². The summed E-state index contributed by atoms with van der Waals surface area (Å²) in [6, 6.07) is 2.91. The maximum Gasteiger partial charge on any atom is 0.128 e. The van der Waals surface area contributed by atoms with Gasteiger partial charge in [0.25, 0.3) is 0 Å². The number of nitrogen functional groups attached to an aromatic ring is 1. The lowest BCUT2D eigenvalue weighted by atomic mass is 10.1. The molecule has 0 fully saturated rings. The van der Waals surface area contributed by atoms with E-state index in [1.54, 1.807) is 13.1 Å². The van der Waals surface area contributed by atoms with Crippen molar-refractivity contribution in [2.24, 2.45) is 0 Å². The molecular weight excluding hydrogens is 224 g/mol. The van der Waals surface area contributed by atoms with Crippen LogP contribution < -0.4 is 5.73 Å². The molecule has 2 rings (SSSR count). The Labute approximate surface area is 97.9 Å². The molecule has 1 aromatic carbocycles. The molecule has 0 aliphatic heterocycles. The minimum absolute atomic E-state index is 0.236. The van der Waals surface area contributed by atoms with Crippen molar-refractivity contribution in [2.45, 2.75) is 19.9 Å². The van der Waals surface area contributed by atoms with Crippen LogP contribution in [0, 0.1) is 18.6 Å². The lowest BCUT2D eigenvalue weighted by Gasteiger charge is -2.15. The summed E-state index contributed by atoms with van der Waals surface area (Å²) < 4.78 is 28.2. The molecule has 0 radical (unpaired) electrons. The van der Waals surface area contributed by atoms with E-state index in [9.17, 15) is 8.78 Å². The third kappa shape index (κ3) is 2.00. The standard InChI is InChI=1S/C12H13F2N3/c1-7-6-16-17(12(7)15)8(2)10-5-9(13)3-4-11(10)14/h3-6,8H,15H2,1-2H3. The van der Waals surface area contributed by atoms with Gasteiger partial charge in [-0.2, -0.15) is 5.10 Å². The van der Waals surface area contributed by atoms with Crippen molar-refractivity contribution in [3.05, 3.63) is 47.2 Å². The number of nitrogens with two attached hydrogens (primary N) is 1. The van der Waals surface area contributed by atoms with Crippen molar-refractivity contribution < 1.29 is 8.78 Å². The fraction of sp³-hybridized carbons (Fsp3) is 0.250. The summed E-state index contributed by atoms with van der Waals surface area (Å²) in [4.78, 5) is 0. The SMILES string of the molecule is Cc1cnn(C(C)c2cc(F)ccc2F)c1N. The largest absolute Gasteiger partial charge is 0.384 e. The van der Waals surface area contributed by atoms with Crippen LogP contribution in [0.15, 0.2) is 24.4 Å². The maximum atomic E-state index is 13.6. The first-order chi connectivity index (χ1) is 8.00. The van der Waals surface area contributed by atoms with E-state index < -0.39 is 17.7 Å². The molecule has 0 saturated heterocycles. The van der Waals surface area contributed by atoms with Gasteiger partial charge in [-0.3, -0.25) is 0 Å². The second-order valence-electron chi connectivity index (χ2n) is 4.00. The number of benzene rings is 1. The summed E-state index contributed by atoms with van der Waals surface area (Å²) in [5.74, 6) is -0.483. The predicted octanol–water partition coefficient (Wildman–Crippen LogP) is 2.66. The number of rotatable bonds is 2. The van der Waals surface area contributed by atoms with E-state index in [1.807, 2.05) is 6.92 Å². The normalized spacial score (nSPS) is 12.7. The van der Waals surface area contributed by atoms with Crippen molar-refractivity contribution in [1.82, 2.24) is 9.78 Å². The number of hydrogen-bond acceptors (Lipinski definition) is 2. The molecule has 1 unspecified atom stereocenters. The van der Waals surface area contributed by atoms with Crippen molar-refractivity contribution in [3.8, 4) is 0 Å². The van der Waals surface area contributed by atoms with Crippen LogP contribution in [0.1, 0.15) is 24.1 Å². The first-order valence-corrected chi connectivity index (χ1v) is 5.25. The Kier molecular flexibility index (Phi) is 2.83. The Morgan fingerprint density at radius 2 is 2.06 bits per heavy atom. The predicted molar refractivity (Wildman–Crippen MR) is 61.5 cm³/mol. The van der Waals surface area contributed by atoms with Crippen LogP contribution in [0.2, 0.25) is 0 Å². The van der Waals surface area contributed by atoms with Gasteiger partial charge in [0, 0.05) is 11.1 Å². The molecule has 2 N–H and O–H groups in total. The zero-order chi connectivity index (χ0) is 12.6. The average molecular weight is 237 g/mol. The number of hydrogen-bond donors (Lipinski definition) is 1. The van der Waals surface area contributed by atoms with E-state index in [2.05, 4.69) is 5.10 Å². The molecule has 17 heavy (non-hydrogen) atoms. The molecule has 1 aromatic heterocycles. The molecule has 0 bridgehead atoms. The fourth-order valence-electron chi connectivity index (χ4n) is 1.73. The van der Waals surface area contributed by atoms with Crippen LogP contribution in [0.5, 0.6) is 0 Å². The molecule has 0 aliphatic rings. The van der Waals surface area contributed by atoms with Crippen LogP contribution in [0.3, 0.4) is 0 Å². The molecular formula is C12H13F2N3. The van der Waals surface area contributed by atoms with E-state index in [4.69, 9.17) is 5.73 Å². The van der Waals surface area contributed by atoms with E-state index in [1.165, 1.54) is 4.68 Å². The van der Waals surface area contributed by atoms with E-state index in [-0.39, 0.29) is 5.56 Å². The van der Waals surface area contributed by atoms with Gasteiger partial charge in [0.2, 0.25) is 0 Å². The van der Waals surface area contributed by atoms with Crippen LogP contribution in [0.4, 0.5) is 14.6 Å². The van der Waals surface area contributed by atoms with Gasteiger partial charge < -0.3 is 5.73 Å². The first kappa shape index (κ1) is 11.6. The molecule has 0 spiro atoms. The second-order valence-corrected chi connectivity index (χ2v) is 4.00. The Hall–Kier alpha value is -1.91. The molecule has 3 nitrogen and oxygen atoms in total. The van der Waals surface area contributed by atoms with Crippen LogP contribution in [-0.4, -0.2) is 9.78 Å². The van der Waals surface area contributed by atoms with Gasteiger partial charge in [0.15, 0.2) is 0 Å². The maximum absolute atomic E-state index is 13.6. The molecule has 1 atom stereocenters. The monoisotopic (exact) mass is 237 g/mol. The Morgan fingerprint density at radius 1 is 1.35 bits per heavy atom. The minimum atomic E-state index is -0.476.